The molecule has 2 unspecified atom stereocenters. The van der Waals surface area contributed by atoms with Crippen LogP contribution < -0.4 is 15.5 Å². The summed E-state index contributed by atoms with van der Waals surface area (Å²) < 4.78 is 38.9. The Bertz CT molecular complexity index is 1130. The minimum Gasteiger partial charge on any atom is -0.497 e. The zero-order valence-corrected chi connectivity index (χ0v) is 20.2. The van der Waals surface area contributed by atoms with Crippen molar-refractivity contribution in [1.29, 1.82) is 0 Å². The lowest BCUT2D eigenvalue weighted by Gasteiger charge is -2.38. The first-order valence-electron chi connectivity index (χ1n) is 11.0. The third-order valence-electron chi connectivity index (χ3n) is 6.17. The normalized spacial score (nSPS) is 21.4. The molecule has 2 aromatic rings. The SMILES string of the molecule is COc1ccc(S(=O)(=O)N2Cc3ccsc3C(OC(=O)NC3CCCCC3)C2C(=O)NO)cc1. The zero-order valence-electron chi connectivity index (χ0n) is 18.6. The molecular formula is C22H27N3O7S2. The van der Waals surface area contributed by atoms with Crippen LogP contribution in [0.15, 0.2) is 40.6 Å². The Morgan fingerprint density at radius 3 is 2.47 bits per heavy atom. The highest BCUT2D eigenvalue weighted by atomic mass is 32.2. The highest BCUT2D eigenvalue weighted by Crippen LogP contribution is 2.40. The number of ether oxygens (including phenoxy) is 2. The van der Waals surface area contributed by atoms with E-state index in [1.165, 1.54) is 42.7 Å². The Kier molecular flexibility index (Phi) is 7.41. The first-order valence-corrected chi connectivity index (χ1v) is 13.3. The van der Waals surface area contributed by atoms with Crippen LogP contribution in [-0.4, -0.2) is 49.1 Å². The van der Waals surface area contributed by atoms with Gasteiger partial charge in [-0.25, -0.2) is 18.7 Å². The number of hydrogen-bond donors (Lipinski definition) is 3. The number of nitrogens with zero attached hydrogens (tertiary/aromatic N) is 1. The van der Waals surface area contributed by atoms with E-state index in [0.717, 1.165) is 36.4 Å². The largest absolute Gasteiger partial charge is 0.497 e. The molecule has 2 aliphatic rings. The van der Waals surface area contributed by atoms with Crippen molar-refractivity contribution in [2.24, 2.45) is 0 Å². The predicted molar refractivity (Wildman–Crippen MR) is 123 cm³/mol. The van der Waals surface area contributed by atoms with Crippen molar-refractivity contribution in [1.82, 2.24) is 15.1 Å². The molecule has 4 rings (SSSR count). The molecule has 0 spiro atoms. The number of carbonyl (C=O) groups is 2. The lowest BCUT2D eigenvalue weighted by atomic mass is 9.96. The van der Waals surface area contributed by atoms with Crippen LogP contribution in [0.5, 0.6) is 5.75 Å². The summed E-state index contributed by atoms with van der Waals surface area (Å²) in [6.45, 7) is -0.116. The van der Waals surface area contributed by atoms with Crippen LogP contribution in [0.1, 0.15) is 48.6 Å². The summed E-state index contributed by atoms with van der Waals surface area (Å²) in [4.78, 5) is 26.0. The van der Waals surface area contributed by atoms with Gasteiger partial charge in [-0.2, -0.15) is 4.31 Å². The molecule has 3 N–H and O–H groups in total. The molecule has 0 radical (unpaired) electrons. The van der Waals surface area contributed by atoms with Gasteiger partial charge in [0, 0.05) is 12.6 Å². The second kappa shape index (κ2) is 10.3. The van der Waals surface area contributed by atoms with Crippen molar-refractivity contribution in [3.63, 3.8) is 0 Å². The van der Waals surface area contributed by atoms with Crippen molar-refractivity contribution >= 4 is 33.4 Å². The van der Waals surface area contributed by atoms with Gasteiger partial charge in [0.25, 0.3) is 5.91 Å². The number of alkyl carbamates (subject to hydrolysis) is 1. The van der Waals surface area contributed by atoms with E-state index in [-0.39, 0.29) is 17.5 Å². The van der Waals surface area contributed by atoms with E-state index < -0.39 is 34.2 Å². The number of fused-ring (bicyclic) bond motifs is 1. The molecule has 10 nitrogen and oxygen atoms in total. The van der Waals surface area contributed by atoms with Crippen molar-refractivity contribution in [3.8, 4) is 5.75 Å². The fraction of sp³-hybridized carbons (Fsp3) is 0.455. The smallest absolute Gasteiger partial charge is 0.408 e. The predicted octanol–water partition coefficient (Wildman–Crippen LogP) is 2.94. The number of nitrogens with one attached hydrogen (secondary N) is 2. The Hall–Kier alpha value is -2.67. The van der Waals surface area contributed by atoms with Gasteiger partial charge in [0.1, 0.15) is 11.8 Å². The first kappa shape index (κ1) is 24.5. The molecule has 1 aromatic carbocycles. The highest BCUT2D eigenvalue weighted by Gasteiger charge is 2.48. The maximum absolute atomic E-state index is 13.6. The van der Waals surface area contributed by atoms with E-state index >= 15 is 0 Å². The number of hydrogen-bond acceptors (Lipinski definition) is 8. The van der Waals surface area contributed by atoms with Crippen molar-refractivity contribution in [3.05, 3.63) is 46.2 Å². The summed E-state index contributed by atoms with van der Waals surface area (Å²) >= 11 is 1.26. The summed E-state index contributed by atoms with van der Waals surface area (Å²) in [6, 6.07) is 5.95. The van der Waals surface area contributed by atoms with E-state index in [1.54, 1.807) is 16.9 Å². The minimum atomic E-state index is -4.21. The summed E-state index contributed by atoms with van der Waals surface area (Å²) in [5, 5.41) is 14.0. The molecule has 12 heteroatoms. The van der Waals surface area contributed by atoms with Crippen LogP contribution >= 0.6 is 11.3 Å². The Morgan fingerprint density at radius 2 is 1.82 bits per heavy atom. The highest BCUT2D eigenvalue weighted by molar-refractivity contribution is 7.89. The average molecular weight is 510 g/mol. The quantitative estimate of drug-likeness (QED) is 0.403. The molecule has 1 fully saturated rings. The lowest BCUT2D eigenvalue weighted by molar-refractivity contribution is -0.137. The number of hydroxylamine groups is 1. The lowest BCUT2D eigenvalue weighted by Crippen LogP contribution is -2.55. The molecule has 0 bridgehead atoms. The standard InChI is InChI=1S/C22H27N3O7S2/c1-31-16-7-9-17(10-8-16)34(29,30)25-13-14-11-12-33-20(14)19(18(25)21(26)24-28)32-22(27)23-15-5-3-2-4-6-15/h7-12,15,18-19,28H,2-6,13H2,1H3,(H,23,27)(H,24,26). The summed E-state index contributed by atoms with van der Waals surface area (Å²) in [5.41, 5.74) is 2.17. The first-order chi connectivity index (χ1) is 16.3. The summed E-state index contributed by atoms with van der Waals surface area (Å²) in [6.07, 6.45) is 2.85. The van der Waals surface area contributed by atoms with Gasteiger partial charge >= 0.3 is 6.09 Å². The van der Waals surface area contributed by atoms with Gasteiger partial charge in [-0.3, -0.25) is 10.0 Å². The molecule has 184 valence electrons. The van der Waals surface area contributed by atoms with E-state index in [2.05, 4.69) is 5.32 Å². The van der Waals surface area contributed by atoms with Crippen LogP contribution in [0.3, 0.4) is 0 Å². The number of benzene rings is 1. The number of methoxy groups -OCH3 is 1. The summed E-state index contributed by atoms with van der Waals surface area (Å²) in [7, 11) is -2.74. The van der Waals surface area contributed by atoms with E-state index in [9.17, 15) is 23.2 Å². The molecule has 2 atom stereocenters. The Balaban J connectivity index is 1.67. The second-order valence-corrected chi connectivity index (χ2v) is 11.1. The number of sulfonamides is 1. The van der Waals surface area contributed by atoms with Gasteiger partial charge < -0.3 is 14.8 Å². The van der Waals surface area contributed by atoms with Crippen LogP contribution in [0.2, 0.25) is 0 Å². The van der Waals surface area contributed by atoms with Gasteiger partial charge in [0.05, 0.1) is 16.9 Å². The van der Waals surface area contributed by atoms with Gasteiger partial charge in [0.15, 0.2) is 6.10 Å². The molecule has 1 aliphatic carbocycles. The number of carbonyl (C=O) groups excluding carboxylic acids is 2. The van der Waals surface area contributed by atoms with Crippen LogP contribution in [0.4, 0.5) is 4.79 Å². The van der Waals surface area contributed by atoms with Crippen molar-refractivity contribution < 1.29 is 32.7 Å². The monoisotopic (exact) mass is 509 g/mol. The number of amides is 2. The molecule has 1 aromatic heterocycles. The van der Waals surface area contributed by atoms with Gasteiger partial charge in [0.2, 0.25) is 10.0 Å². The molecule has 0 saturated heterocycles. The summed E-state index contributed by atoms with van der Waals surface area (Å²) in [5.74, 6) is -0.519. The van der Waals surface area contributed by atoms with Crippen LogP contribution in [0.25, 0.3) is 0 Å². The van der Waals surface area contributed by atoms with Gasteiger partial charge in [-0.05, 0) is 54.1 Å². The van der Waals surface area contributed by atoms with Crippen molar-refractivity contribution in [2.45, 2.75) is 61.7 Å². The minimum absolute atomic E-state index is 0.0306. The zero-order chi connectivity index (χ0) is 24.3. The topological polar surface area (TPSA) is 134 Å². The van der Waals surface area contributed by atoms with Gasteiger partial charge in [-0.15, -0.1) is 11.3 Å². The number of rotatable bonds is 6. The number of thiophene rings is 1. The van der Waals surface area contributed by atoms with Crippen LogP contribution in [0, 0.1) is 0 Å². The van der Waals surface area contributed by atoms with Gasteiger partial charge in [-0.1, -0.05) is 19.3 Å². The molecule has 2 heterocycles. The van der Waals surface area contributed by atoms with E-state index in [0.29, 0.717) is 16.2 Å². The molecule has 1 saturated carbocycles. The average Bonchev–Trinajstić information content (AvgIpc) is 3.33. The second-order valence-electron chi connectivity index (χ2n) is 8.26. The maximum Gasteiger partial charge on any atom is 0.408 e. The third-order valence-corrected chi connectivity index (χ3v) is 9.03. The van der Waals surface area contributed by atoms with Crippen molar-refractivity contribution in [2.75, 3.05) is 7.11 Å². The fourth-order valence-electron chi connectivity index (χ4n) is 4.42. The van der Waals surface area contributed by atoms with Crippen LogP contribution in [-0.2, 0) is 26.1 Å². The Morgan fingerprint density at radius 1 is 1.12 bits per heavy atom. The molecule has 1 aliphatic heterocycles. The fourth-order valence-corrected chi connectivity index (χ4v) is 6.96. The Labute approximate surface area is 201 Å². The molecular weight excluding hydrogens is 482 g/mol. The maximum atomic E-state index is 13.6. The van der Waals surface area contributed by atoms with E-state index in [1.807, 2.05) is 0 Å². The third kappa shape index (κ3) is 4.90. The van der Waals surface area contributed by atoms with E-state index in [4.69, 9.17) is 9.47 Å². The molecule has 2 amide bonds. The molecule has 34 heavy (non-hydrogen) atoms.